The summed E-state index contributed by atoms with van der Waals surface area (Å²) in [4.78, 5) is 18.5. The molecule has 22 heavy (non-hydrogen) atoms. The number of aromatic nitrogens is 1. The lowest BCUT2D eigenvalue weighted by Gasteiger charge is -2.28. The SMILES string of the molecule is Cc1cc(NC(=O)N(CC(C)O)C(C)C)c2ncccc2c1. The number of nitrogens with one attached hydrogen (secondary N) is 1. The van der Waals surface area contributed by atoms with Crippen LogP contribution in [-0.4, -0.2) is 39.7 Å². The molecule has 1 aromatic heterocycles. The minimum Gasteiger partial charge on any atom is -0.392 e. The van der Waals surface area contributed by atoms with Gasteiger partial charge in [0.1, 0.15) is 0 Å². The van der Waals surface area contributed by atoms with Gasteiger partial charge in [0, 0.05) is 24.2 Å². The van der Waals surface area contributed by atoms with Crippen LogP contribution in [-0.2, 0) is 0 Å². The van der Waals surface area contributed by atoms with Gasteiger partial charge in [0.2, 0.25) is 0 Å². The minimum atomic E-state index is -0.569. The fourth-order valence-electron chi connectivity index (χ4n) is 2.44. The summed E-state index contributed by atoms with van der Waals surface area (Å²) in [5, 5.41) is 13.5. The van der Waals surface area contributed by atoms with Gasteiger partial charge in [-0.15, -0.1) is 0 Å². The third-order valence-corrected chi connectivity index (χ3v) is 3.44. The van der Waals surface area contributed by atoms with Gasteiger partial charge in [-0.05, 0) is 51.5 Å². The molecule has 5 nitrogen and oxygen atoms in total. The average Bonchev–Trinajstić information content (AvgIpc) is 2.44. The summed E-state index contributed by atoms with van der Waals surface area (Å²) in [6.45, 7) is 7.80. The molecule has 1 heterocycles. The van der Waals surface area contributed by atoms with Crippen LogP contribution in [0.4, 0.5) is 10.5 Å². The Bertz CT molecular complexity index is 668. The van der Waals surface area contributed by atoms with Crippen LogP contribution < -0.4 is 5.32 Å². The second-order valence-corrected chi connectivity index (χ2v) is 5.91. The number of aliphatic hydroxyl groups excluding tert-OH is 1. The summed E-state index contributed by atoms with van der Waals surface area (Å²) in [7, 11) is 0. The van der Waals surface area contributed by atoms with Crippen molar-refractivity contribution in [1.29, 1.82) is 0 Å². The highest BCUT2D eigenvalue weighted by Gasteiger charge is 2.19. The summed E-state index contributed by atoms with van der Waals surface area (Å²) in [6.07, 6.45) is 1.14. The molecule has 0 saturated carbocycles. The lowest BCUT2D eigenvalue weighted by molar-refractivity contribution is 0.125. The Labute approximate surface area is 131 Å². The number of fused-ring (bicyclic) bond motifs is 1. The molecular formula is C17H23N3O2. The molecular weight excluding hydrogens is 278 g/mol. The zero-order valence-electron chi connectivity index (χ0n) is 13.5. The number of aliphatic hydroxyl groups is 1. The molecule has 2 N–H and O–H groups in total. The van der Waals surface area contributed by atoms with Crippen molar-refractivity contribution in [2.75, 3.05) is 11.9 Å². The summed E-state index contributed by atoms with van der Waals surface area (Å²) in [5.41, 5.74) is 2.52. The van der Waals surface area contributed by atoms with Crippen molar-refractivity contribution < 1.29 is 9.90 Å². The van der Waals surface area contributed by atoms with Crippen LogP contribution in [0.25, 0.3) is 10.9 Å². The first-order valence-corrected chi connectivity index (χ1v) is 7.49. The van der Waals surface area contributed by atoms with Crippen molar-refractivity contribution >= 4 is 22.6 Å². The number of urea groups is 1. The highest BCUT2D eigenvalue weighted by molar-refractivity contribution is 6.00. The molecule has 1 unspecified atom stereocenters. The van der Waals surface area contributed by atoms with Crippen LogP contribution in [0.1, 0.15) is 26.3 Å². The molecule has 2 amide bonds. The number of nitrogens with zero attached hydrogens (tertiary/aromatic N) is 2. The molecule has 0 bridgehead atoms. The maximum absolute atomic E-state index is 12.5. The van der Waals surface area contributed by atoms with E-state index >= 15 is 0 Å². The molecule has 0 spiro atoms. The number of hydrogen-bond donors (Lipinski definition) is 2. The molecule has 0 fully saturated rings. The first-order chi connectivity index (χ1) is 10.4. The van der Waals surface area contributed by atoms with Crippen molar-refractivity contribution in [3.8, 4) is 0 Å². The molecule has 2 rings (SSSR count). The Morgan fingerprint density at radius 2 is 2.09 bits per heavy atom. The summed E-state index contributed by atoms with van der Waals surface area (Å²) >= 11 is 0. The molecule has 0 aliphatic heterocycles. The molecule has 1 aromatic carbocycles. The van der Waals surface area contributed by atoms with Crippen molar-refractivity contribution in [2.45, 2.75) is 39.8 Å². The van der Waals surface area contributed by atoms with Gasteiger partial charge in [-0.25, -0.2) is 4.79 Å². The number of pyridine rings is 1. The van der Waals surface area contributed by atoms with E-state index in [0.717, 1.165) is 16.5 Å². The zero-order valence-corrected chi connectivity index (χ0v) is 13.5. The Balaban J connectivity index is 2.31. The van der Waals surface area contributed by atoms with E-state index in [2.05, 4.69) is 10.3 Å². The van der Waals surface area contributed by atoms with Gasteiger partial charge in [-0.1, -0.05) is 6.07 Å². The van der Waals surface area contributed by atoms with Gasteiger partial charge in [0.05, 0.1) is 17.3 Å². The highest BCUT2D eigenvalue weighted by Crippen LogP contribution is 2.23. The van der Waals surface area contributed by atoms with Crippen molar-refractivity contribution in [3.63, 3.8) is 0 Å². The highest BCUT2D eigenvalue weighted by atomic mass is 16.3. The zero-order chi connectivity index (χ0) is 16.3. The van der Waals surface area contributed by atoms with Crippen LogP contribution >= 0.6 is 0 Å². The molecule has 0 radical (unpaired) electrons. The lowest BCUT2D eigenvalue weighted by atomic mass is 10.1. The number of carbonyl (C=O) groups excluding carboxylic acids is 1. The topological polar surface area (TPSA) is 65.5 Å². The third kappa shape index (κ3) is 3.74. The minimum absolute atomic E-state index is 0.00127. The van der Waals surface area contributed by atoms with Crippen LogP contribution in [0.15, 0.2) is 30.5 Å². The number of anilines is 1. The van der Waals surface area contributed by atoms with E-state index in [0.29, 0.717) is 12.2 Å². The average molecular weight is 301 g/mol. The first kappa shape index (κ1) is 16.2. The fraction of sp³-hybridized carbons (Fsp3) is 0.412. The quantitative estimate of drug-likeness (QED) is 0.911. The normalized spacial score (nSPS) is 12.5. The van der Waals surface area contributed by atoms with E-state index in [1.54, 1.807) is 18.0 Å². The number of amides is 2. The molecule has 2 aromatic rings. The van der Waals surface area contributed by atoms with Gasteiger partial charge in [0.15, 0.2) is 0 Å². The van der Waals surface area contributed by atoms with Crippen molar-refractivity contribution in [1.82, 2.24) is 9.88 Å². The molecule has 0 aliphatic rings. The summed E-state index contributed by atoms with van der Waals surface area (Å²) < 4.78 is 0. The van der Waals surface area contributed by atoms with E-state index in [9.17, 15) is 9.90 Å². The number of carbonyl (C=O) groups is 1. The molecule has 5 heteroatoms. The van der Waals surface area contributed by atoms with Crippen molar-refractivity contribution in [2.24, 2.45) is 0 Å². The Hall–Kier alpha value is -2.14. The van der Waals surface area contributed by atoms with E-state index in [1.807, 2.05) is 45.0 Å². The van der Waals surface area contributed by atoms with Gasteiger partial charge in [0.25, 0.3) is 0 Å². The van der Waals surface area contributed by atoms with Crippen molar-refractivity contribution in [3.05, 3.63) is 36.0 Å². The lowest BCUT2D eigenvalue weighted by Crippen LogP contribution is -2.43. The smallest absolute Gasteiger partial charge is 0.322 e. The maximum Gasteiger partial charge on any atom is 0.322 e. The van der Waals surface area contributed by atoms with E-state index < -0.39 is 6.10 Å². The monoisotopic (exact) mass is 301 g/mol. The Morgan fingerprint density at radius 1 is 1.36 bits per heavy atom. The standard InChI is InChI=1S/C17H23N3O2/c1-11(2)20(10-13(4)21)17(22)19-15-9-12(3)8-14-6-5-7-18-16(14)15/h5-9,11,13,21H,10H2,1-4H3,(H,19,22). The number of aryl methyl sites for hydroxylation is 1. The number of hydrogen-bond acceptors (Lipinski definition) is 3. The summed E-state index contributed by atoms with van der Waals surface area (Å²) in [6, 6.07) is 7.57. The number of rotatable bonds is 4. The van der Waals surface area contributed by atoms with Crippen LogP contribution in [0.5, 0.6) is 0 Å². The van der Waals surface area contributed by atoms with Crippen LogP contribution in [0.3, 0.4) is 0 Å². The van der Waals surface area contributed by atoms with Crippen LogP contribution in [0, 0.1) is 6.92 Å². The van der Waals surface area contributed by atoms with Gasteiger partial charge in [-0.2, -0.15) is 0 Å². The van der Waals surface area contributed by atoms with E-state index in [-0.39, 0.29) is 12.1 Å². The molecule has 118 valence electrons. The second kappa shape index (κ2) is 6.75. The largest absolute Gasteiger partial charge is 0.392 e. The Morgan fingerprint density at radius 3 is 2.73 bits per heavy atom. The van der Waals surface area contributed by atoms with Crippen LogP contribution in [0.2, 0.25) is 0 Å². The molecule has 0 saturated heterocycles. The predicted octanol–water partition coefficient (Wildman–Crippen LogP) is 3.17. The molecule has 0 aliphatic carbocycles. The first-order valence-electron chi connectivity index (χ1n) is 7.49. The second-order valence-electron chi connectivity index (χ2n) is 5.91. The Kier molecular flexibility index (Phi) is 4.98. The molecule has 1 atom stereocenters. The van der Waals surface area contributed by atoms with Gasteiger partial charge >= 0.3 is 6.03 Å². The van der Waals surface area contributed by atoms with Gasteiger partial charge in [-0.3, -0.25) is 4.98 Å². The fourth-order valence-corrected chi connectivity index (χ4v) is 2.44. The maximum atomic E-state index is 12.5. The van der Waals surface area contributed by atoms with E-state index in [4.69, 9.17) is 0 Å². The summed E-state index contributed by atoms with van der Waals surface area (Å²) in [5.74, 6) is 0. The predicted molar refractivity (Wildman–Crippen MR) is 89.0 cm³/mol. The number of benzene rings is 1. The van der Waals surface area contributed by atoms with E-state index in [1.165, 1.54) is 0 Å². The van der Waals surface area contributed by atoms with Gasteiger partial charge < -0.3 is 15.3 Å². The third-order valence-electron chi connectivity index (χ3n) is 3.44.